The Kier molecular flexibility index (Phi) is 7.07. The molecule has 3 aromatic carbocycles. The summed E-state index contributed by atoms with van der Waals surface area (Å²) in [5.41, 5.74) is 4.01. The molecule has 1 fully saturated rings. The summed E-state index contributed by atoms with van der Waals surface area (Å²) in [6, 6.07) is 25.9. The van der Waals surface area contributed by atoms with Crippen LogP contribution in [0.2, 0.25) is 0 Å². The van der Waals surface area contributed by atoms with Crippen LogP contribution < -0.4 is 4.74 Å². The highest BCUT2D eigenvalue weighted by molar-refractivity contribution is 8.18. The van der Waals surface area contributed by atoms with Gasteiger partial charge in [-0.1, -0.05) is 73.2 Å². The Hall–Kier alpha value is -3.31. The fourth-order valence-electron chi connectivity index (χ4n) is 3.35. The van der Waals surface area contributed by atoms with Crippen molar-refractivity contribution in [3.8, 4) is 5.75 Å². The number of thioether (sulfide) groups is 1. The molecule has 1 amide bonds. The van der Waals surface area contributed by atoms with E-state index in [4.69, 9.17) is 9.73 Å². The highest BCUT2D eigenvalue weighted by Gasteiger charge is 2.33. The Morgan fingerprint density at radius 3 is 2.44 bits per heavy atom. The summed E-state index contributed by atoms with van der Waals surface area (Å²) in [6.45, 7) is 5.23. The summed E-state index contributed by atoms with van der Waals surface area (Å²) < 4.78 is 6.07. The number of carbonyl (C=O) groups excluding carboxylic acids is 1. The van der Waals surface area contributed by atoms with Crippen LogP contribution in [-0.4, -0.2) is 22.5 Å². The lowest BCUT2D eigenvalue weighted by Crippen LogP contribution is -2.29. The third-order valence-electron chi connectivity index (χ3n) is 5.04. The van der Waals surface area contributed by atoms with Crippen molar-refractivity contribution in [2.24, 2.45) is 4.99 Å². The smallest absolute Gasteiger partial charge is 0.266 e. The molecule has 0 saturated carbocycles. The fourth-order valence-corrected chi connectivity index (χ4v) is 4.37. The molecule has 32 heavy (non-hydrogen) atoms. The van der Waals surface area contributed by atoms with E-state index < -0.39 is 0 Å². The molecule has 0 aromatic heterocycles. The molecule has 3 aromatic rings. The minimum Gasteiger partial charge on any atom is -0.488 e. The second kappa shape index (κ2) is 10.3. The maximum absolute atomic E-state index is 13.2. The predicted molar refractivity (Wildman–Crippen MR) is 133 cm³/mol. The summed E-state index contributed by atoms with van der Waals surface area (Å²) in [6.07, 6.45) is 2.77. The number of amides is 1. The predicted octanol–water partition coefficient (Wildman–Crippen LogP) is 6.59. The number of amidine groups is 1. The molecule has 162 valence electrons. The van der Waals surface area contributed by atoms with Gasteiger partial charge in [-0.15, -0.1) is 0 Å². The van der Waals surface area contributed by atoms with Gasteiger partial charge in [0, 0.05) is 12.1 Å². The van der Waals surface area contributed by atoms with E-state index in [1.54, 1.807) is 4.90 Å². The second-order valence-electron chi connectivity index (χ2n) is 7.61. The molecular weight excluding hydrogens is 416 g/mol. The number of para-hydroxylation sites is 1. The zero-order chi connectivity index (χ0) is 22.3. The third-order valence-corrected chi connectivity index (χ3v) is 6.04. The van der Waals surface area contributed by atoms with Crippen molar-refractivity contribution in [2.75, 3.05) is 6.54 Å². The molecule has 0 spiro atoms. The number of ether oxygens (including phenoxy) is 1. The Labute approximate surface area is 193 Å². The maximum Gasteiger partial charge on any atom is 0.266 e. The molecule has 0 aliphatic carbocycles. The van der Waals surface area contributed by atoms with Crippen LogP contribution in [-0.2, 0) is 11.4 Å². The second-order valence-corrected chi connectivity index (χ2v) is 8.62. The van der Waals surface area contributed by atoms with Gasteiger partial charge >= 0.3 is 0 Å². The van der Waals surface area contributed by atoms with E-state index in [1.165, 1.54) is 17.3 Å². The molecule has 4 rings (SSSR count). The van der Waals surface area contributed by atoms with Gasteiger partial charge in [0.25, 0.3) is 5.91 Å². The number of nitrogens with zero attached hydrogens (tertiary/aromatic N) is 2. The number of aliphatic imine (C=N–C) groups is 1. The fraction of sp³-hybridized carbons (Fsp3) is 0.185. The molecule has 0 radical (unpaired) electrons. The lowest BCUT2D eigenvalue weighted by atomic mass is 10.1. The topological polar surface area (TPSA) is 41.9 Å². The van der Waals surface area contributed by atoms with Crippen LogP contribution >= 0.6 is 11.8 Å². The van der Waals surface area contributed by atoms with Crippen molar-refractivity contribution in [3.05, 3.63) is 100 Å². The first-order chi connectivity index (χ1) is 15.6. The van der Waals surface area contributed by atoms with Gasteiger partial charge in [-0.05, 0) is 54.9 Å². The van der Waals surface area contributed by atoms with E-state index in [9.17, 15) is 4.79 Å². The van der Waals surface area contributed by atoms with Crippen LogP contribution in [0.5, 0.6) is 5.75 Å². The molecular formula is C27H26N2O2S. The molecule has 0 N–H and O–H groups in total. The van der Waals surface area contributed by atoms with Crippen LogP contribution in [0.15, 0.2) is 88.8 Å². The number of aryl methyl sites for hydroxylation is 1. The number of benzene rings is 3. The Morgan fingerprint density at radius 1 is 0.969 bits per heavy atom. The first-order valence-electron chi connectivity index (χ1n) is 10.8. The van der Waals surface area contributed by atoms with Gasteiger partial charge in [-0.3, -0.25) is 9.69 Å². The molecule has 0 atom stereocenters. The SMILES string of the molecule is CCCN1C(=O)/C(=C\c2ccccc2OCc2ccccc2)SC1=Nc1ccc(C)cc1. The number of rotatable bonds is 7. The first-order valence-corrected chi connectivity index (χ1v) is 11.6. The Morgan fingerprint density at radius 2 is 1.69 bits per heavy atom. The van der Waals surface area contributed by atoms with Gasteiger partial charge in [0.1, 0.15) is 12.4 Å². The molecule has 1 heterocycles. The van der Waals surface area contributed by atoms with Crippen LogP contribution in [0, 0.1) is 6.92 Å². The minimum absolute atomic E-state index is 0.0134. The van der Waals surface area contributed by atoms with Gasteiger partial charge in [-0.25, -0.2) is 4.99 Å². The average Bonchev–Trinajstić information content (AvgIpc) is 3.10. The van der Waals surface area contributed by atoms with Crippen molar-refractivity contribution in [1.82, 2.24) is 4.90 Å². The maximum atomic E-state index is 13.2. The van der Waals surface area contributed by atoms with Crippen LogP contribution in [0.4, 0.5) is 5.69 Å². The van der Waals surface area contributed by atoms with Gasteiger partial charge < -0.3 is 4.74 Å². The normalized spacial score (nSPS) is 16.2. The first kappa shape index (κ1) is 21.9. The summed E-state index contributed by atoms with van der Waals surface area (Å²) in [7, 11) is 0. The van der Waals surface area contributed by atoms with E-state index >= 15 is 0 Å². The molecule has 0 bridgehead atoms. The van der Waals surface area contributed by atoms with Gasteiger partial charge in [0.05, 0.1) is 10.6 Å². The largest absolute Gasteiger partial charge is 0.488 e. The van der Waals surface area contributed by atoms with Crippen molar-refractivity contribution < 1.29 is 9.53 Å². The number of carbonyl (C=O) groups is 1. The van der Waals surface area contributed by atoms with Crippen molar-refractivity contribution in [1.29, 1.82) is 0 Å². The summed E-state index contributed by atoms with van der Waals surface area (Å²) >= 11 is 1.42. The zero-order valence-corrected chi connectivity index (χ0v) is 19.1. The molecule has 4 nitrogen and oxygen atoms in total. The van der Waals surface area contributed by atoms with Gasteiger partial charge in [0.2, 0.25) is 0 Å². The Bertz CT molecular complexity index is 1140. The van der Waals surface area contributed by atoms with E-state index in [2.05, 4.69) is 6.92 Å². The molecule has 1 saturated heterocycles. The lowest BCUT2D eigenvalue weighted by molar-refractivity contribution is -0.122. The van der Waals surface area contributed by atoms with Crippen molar-refractivity contribution >= 4 is 34.6 Å². The van der Waals surface area contributed by atoms with Crippen molar-refractivity contribution in [2.45, 2.75) is 26.9 Å². The van der Waals surface area contributed by atoms with Crippen LogP contribution in [0.3, 0.4) is 0 Å². The van der Waals surface area contributed by atoms with Crippen molar-refractivity contribution in [3.63, 3.8) is 0 Å². The number of hydrogen-bond acceptors (Lipinski definition) is 4. The van der Waals surface area contributed by atoms with Gasteiger partial charge in [-0.2, -0.15) is 0 Å². The Balaban J connectivity index is 1.59. The molecule has 0 unspecified atom stereocenters. The molecule has 1 aliphatic heterocycles. The minimum atomic E-state index is -0.0134. The van der Waals surface area contributed by atoms with Gasteiger partial charge in [0.15, 0.2) is 5.17 Å². The van der Waals surface area contributed by atoms with Crippen LogP contribution in [0.1, 0.15) is 30.0 Å². The summed E-state index contributed by atoms with van der Waals surface area (Å²) in [5, 5.41) is 0.717. The lowest BCUT2D eigenvalue weighted by Gasteiger charge is -2.14. The third kappa shape index (κ3) is 5.29. The average molecular weight is 443 g/mol. The summed E-state index contributed by atoms with van der Waals surface area (Å²) in [5.74, 6) is 0.740. The highest BCUT2D eigenvalue weighted by Crippen LogP contribution is 2.35. The van der Waals surface area contributed by atoms with Crippen LogP contribution in [0.25, 0.3) is 6.08 Å². The monoisotopic (exact) mass is 442 g/mol. The van der Waals surface area contributed by atoms with E-state index in [0.29, 0.717) is 18.1 Å². The van der Waals surface area contributed by atoms with E-state index in [-0.39, 0.29) is 5.91 Å². The highest BCUT2D eigenvalue weighted by atomic mass is 32.2. The standard InChI is InChI=1S/C27H26N2O2S/c1-3-17-29-26(30)25(32-27(29)28-23-15-13-20(2)14-16-23)18-22-11-7-8-12-24(22)31-19-21-9-5-4-6-10-21/h4-16,18H,3,17,19H2,1-2H3/b25-18+,28-27?. The molecule has 5 heteroatoms. The quantitative estimate of drug-likeness (QED) is 0.388. The van der Waals surface area contributed by atoms with E-state index in [1.807, 2.05) is 91.9 Å². The number of hydrogen-bond donors (Lipinski definition) is 0. The summed E-state index contributed by atoms with van der Waals surface area (Å²) in [4.78, 5) is 20.3. The molecule has 1 aliphatic rings. The zero-order valence-electron chi connectivity index (χ0n) is 18.3. The van der Waals surface area contributed by atoms with E-state index in [0.717, 1.165) is 34.2 Å².